The fraction of sp³-hybridized carbons (Fsp3) is 0.797. The molecule has 0 aromatic rings. The number of rotatable bonds is 56. The Morgan fingerprint density at radius 3 is 1.16 bits per heavy atom. The van der Waals surface area contributed by atoms with Crippen molar-refractivity contribution < 1.29 is 42.9 Å². The lowest BCUT2D eigenvalue weighted by atomic mass is 10.0. The third-order valence-corrected chi connectivity index (χ3v) is 13.3. The summed E-state index contributed by atoms with van der Waals surface area (Å²) in [6.07, 6.45) is 67.4. The molecule has 0 aliphatic carbocycles. The zero-order chi connectivity index (χ0) is 53.4. The van der Waals surface area contributed by atoms with Crippen LogP contribution in [0.4, 0.5) is 0 Å². The second-order valence-corrected chi connectivity index (χ2v) is 21.6. The topological polar surface area (TPSA) is 108 Å². The van der Waals surface area contributed by atoms with E-state index in [1.807, 2.05) is 21.1 Å². The second kappa shape index (κ2) is 55.2. The van der Waals surface area contributed by atoms with E-state index in [0.717, 1.165) is 70.6 Å². The van der Waals surface area contributed by atoms with Crippen molar-refractivity contribution in [2.24, 2.45) is 0 Å². The van der Waals surface area contributed by atoms with Crippen LogP contribution in [-0.4, -0.2) is 87.4 Å². The molecule has 0 aliphatic heterocycles. The molecule has 0 saturated carbocycles. The fourth-order valence-corrected chi connectivity index (χ4v) is 8.59. The van der Waals surface area contributed by atoms with Crippen molar-refractivity contribution in [3.8, 4) is 0 Å². The molecule has 73 heavy (non-hydrogen) atoms. The molecule has 0 aliphatic rings. The van der Waals surface area contributed by atoms with E-state index in [0.29, 0.717) is 23.9 Å². The number of carbonyl (C=O) groups is 3. The Morgan fingerprint density at radius 2 is 0.781 bits per heavy atom. The Balaban J connectivity index is 4.11. The highest BCUT2D eigenvalue weighted by Gasteiger charge is 2.25. The molecule has 9 nitrogen and oxygen atoms in total. The number of carboxylic acids is 1. The van der Waals surface area contributed by atoms with Gasteiger partial charge in [-0.25, -0.2) is 4.79 Å². The summed E-state index contributed by atoms with van der Waals surface area (Å²) in [5, 5.41) is 9.70. The number of hydrogen-bond donors (Lipinski definition) is 1. The van der Waals surface area contributed by atoms with Gasteiger partial charge in [0.05, 0.1) is 34.4 Å². The fourth-order valence-electron chi connectivity index (χ4n) is 8.59. The minimum atomic E-state index is -1.51. The third kappa shape index (κ3) is 56.6. The Kier molecular flexibility index (Phi) is 53.0. The quantitative estimate of drug-likeness (QED) is 0.0211. The van der Waals surface area contributed by atoms with E-state index in [1.54, 1.807) is 0 Å². The van der Waals surface area contributed by atoms with Gasteiger partial charge in [-0.2, -0.15) is 0 Å². The summed E-state index contributed by atoms with van der Waals surface area (Å²) in [5.74, 6) is -2.01. The van der Waals surface area contributed by atoms with E-state index in [4.69, 9.17) is 18.9 Å². The Bertz CT molecular complexity index is 1380. The first-order chi connectivity index (χ1) is 35.6. The van der Waals surface area contributed by atoms with Crippen LogP contribution in [0.15, 0.2) is 60.8 Å². The molecule has 0 bridgehead atoms. The first-order valence-corrected chi connectivity index (χ1v) is 30.5. The highest BCUT2D eigenvalue weighted by molar-refractivity contribution is 5.71. The molecule has 2 atom stereocenters. The van der Waals surface area contributed by atoms with Gasteiger partial charge in [-0.15, -0.1) is 0 Å². The average Bonchev–Trinajstić information content (AvgIpc) is 3.36. The number of unbranched alkanes of at least 4 members (excludes halogenated alkanes) is 31. The van der Waals surface area contributed by atoms with Gasteiger partial charge in [0, 0.05) is 12.8 Å². The number of allylic oxidation sites excluding steroid dienone is 10. The van der Waals surface area contributed by atoms with Crippen LogP contribution in [0.1, 0.15) is 271 Å². The SMILES string of the molecule is CC/C=C\C/C=C\C/C=C\CCCCCCCCCC(=O)OC(COC(=O)CCCCCCCCCCCCCCCCCCCCC/C=C\C/C=C\CCCCCCC)COC(OCC[N+](C)(C)C)C(=O)O. The molecule has 0 rings (SSSR count). The van der Waals surface area contributed by atoms with Gasteiger partial charge >= 0.3 is 17.9 Å². The number of aliphatic carboxylic acids is 1. The van der Waals surface area contributed by atoms with Crippen LogP contribution < -0.4 is 0 Å². The summed E-state index contributed by atoms with van der Waals surface area (Å²) < 4.78 is 22.9. The molecule has 1 N–H and O–H groups in total. The Labute approximate surface area is 450 Å². The summed E-state index contributed by atoms with van der Waals surface area (Å²) in [7, 11) is 5.97. The van der Waals surface area contributed by atoms with Gasteiger partial charge in [0.15, 0.2) is 6.10 Å². The van der Waals surface area contributed by atoms with Gasteiger partial charge in [-0.1, -0.05) is 242 Å². The van der Waals surface area contributed by atoms with Crippen molar-refractivity contribution >= 4 is 17.9 Å². The minimum absolute atomic E-state index is 0.185. The monoisotopic (exact) mass is 1030 g/mol. The normalized spacial score (nSPS) is 13.2. The Hall–Kier alpha value is -3.01. The van der Waals surface area contributed by atoms with Gasteiger partial charge in [0.25, 0.3) is 6.29 Å². The minimum Gasteiger partial charge on any atom is -0.477 e. The number of ether oxygens (including phenoxy) is 4. The van der Waals surface area contributed by atoms with E-state index < -0.39 is 24.3 Å². The van der Waals surface area contributed by atoms with Gasteiger partial charge in [-0.05, 0) is 77.0 Å². The van der Waals surface area contributed by atoms with Crippen LogP contribution in [0.2, 0.25) is 0 Å². The Morgan fingerprint density at radius 1 is 0.425 bits per heavy atom. The number of carboxylic acid groups (broad SMARTS) is 1. The largest absolute Gasteiger partial charge is 0.477 e. The zero-order valence-electron chi connectivity index (χ0n) is 48.3. The van der Waals surface area contributed by atoms with Gasteiger partial charge in [0.2, 0.25) is 0 Å². The lowest BCUT2D eigenvalue weighted by molar-refractivity contribution is -0.870. The van der Waals surface area contributed by atoms with E-state index in [2.05, 4.69) is 74.6 Å². The van der Waals surface area contributed by atoms with E-state index >= 15 is 0 Å². The van der Waals surface area contributed by atoms with Crippen LogP contribution >= 0.6 is 0 Å². The van der Waals surface area contributed by atoms with E-state index in [-0.39, 0.29) is 32.2 Å². The van der Waals surface area contributed by atoms with Crippen molar-refractivity contribution in [3.63, 3.8) is 0 Å². The van der Waals surface area contributed by atoms with Gasteiger partial charge < -0.3 is 28.5 Å². The highest BCUT2D eigenvalue weighted by atomic mass is 16.7. The smallest absolute Gasteiger partial charge is 0.361 e. The third-order valence-electron chi connectivity index (χ3n) is 13.3. The van der Waals surface area contributed by atoms with Crippen LogP contribution in [-0.2, 0) is 33.3 Å². The number of hydrogen-bond acceptors (Lipinski definition) is 7. The molecule has 0 spiro atoms. The molecular formula is C64H116NO8+. The maximum absolute atomic E-state index is 12.9. The molecule has 2 unspecified atom stereocenters. The molecular weight excluding hydrogens is 911 g/mol. The lowest BCUT2D eigenvalue weighted by Crippen LogP contribution is -2.40. The summed E-state index contributed by atoms with van der Waals surface area (Å²) in [4.78, 5) is 37.4. The predicted octanol–water partition coefficient (Wildman–Crippen LogP) is 18.0. The maximum Gasteiger partial charge on any atom is 0.361 e. The van der Waals surface area contributed by atoms with Crippen molar-refractivity contribution in [1.82, 2.24) is 0 Å². The van der Waals surface area contributed by atoms with E-state index in [9.17, 15) is 19.5 Å². The molecule has 0 aromatic carbocycles. The summed E-state index contributed by atoms with van der Waals surface area (Å²) >= 11 is 0. The number of carbonyl (C=O) groups excluding carboxylic acids is 2. The molecule has 0 heterocycles. The number of likely N-dealkylation sites (N-methyl/N-ethyl adjacent to an activating group) is 1. The lowest BCUT2D eigenvalue weighted by Gasteiger charge is -2.25. The summed E-state index contributed by atoms with van der Waals surface area (Å²) in [5.41, 5.74) is 0. The molecule has 424 valence electrons. The zero-order valence-corrected chi connectivity index (χ0v) is 48.3. The highest BCUT2D eigenvalue weighted by Crippen LogP contribution is 2.17. The average molecular weight is 1030 g/mol. The first kappa shape index (κ1) is 70.0. The van der Waals surface area contributed by atoms with Crippen LogP contribution in [0.3, 0.4) is 0 Å². The van der Waals surface area contributed by atoms with Crippen LogP contribution in [0, 0.1) is 0 Å². The number of quaternary nitrogens is 1. The van der Waals surface area contributed by atoms with E-state index in [1.165, 1.54) is 167 Å². The molecule has 0 radical (unpaired) electrons. The summed E-state index contributed by atoms with van der Waals surface area (Å²) in [6, 6.07) is 0. The maximum atomic E-state index is 12.9. The number of nitrogens with zero attached hydrogens (tertiary/aromatic N) is 1. The molecule has 0 amide bonds. The van der Waals surface area contributed by atoms with Gasteiger partial charge in [0.1, 0.15) is 13.2 Å². The van der Waals surface area contributed by atoms with Crippen molar-refractivity contribution in [1.29, 1.82) is 0 Å². The standard InChI is InChI=1S/C64H115NO8/c1-6-8-10-12-14-16-18-20-22-24-25-26-27-28-29-30-31-32-33-34-35-36-37-39-40-42-44-46-48-50-52-54-61(66)71-58-60(59-72-64(63(68)69)70-57-56-65(3,4)5)73-62(67)55-53-51-49-47-45-43-41-38-23-21-19-17-15-13-11-9-7-2/h9,11,15,17-18,20-21,23-25,60,64H,6-8,10,12-14,16,19,22,26-59H2,1-5H3/p+1/b11-9-,17-15-,20-18-,23-21-,25-24-. The molecule has 0 fully saturated rings. The molecule has 9 heteroatoms. The number of esters is 2. The van der Waals surface area contributed by atoms with Gasteiger partial charge in [-0.3, -0.25) is 9.59 Å². The van der Waals surface area contributed by atoms with Crippen LogP contribution in [0.5, 0.6) is 0 Å². The first-order valence-electron chi connectivity index (χ1n) is 30.5. The summed E-state index contributed by atoms with van der Waals surface area (Å²) in [6.45, 7) is 4.77. The van der Waals surface area contributed by atoms with Crippen LogP contribution in [0.25, 0.3) is 0 Å². The van der Waals surface area contributed by atoms with Crippen molar-refractivity contribution in [3.05, 3.63) is 60.8 Å². The molecule has 0 aromatic heterocycles. The molecule has 0 saturated heterocycles. The van der Waals surface area contributed by atoms with Crippen molar-refractivity contribution in [2.45, 2.75) is 283 Å². The predicted molar refractivity (Wildman–Crippen MR) is 309 cm³/mol. The van der Waals surface area contributed by atoms with Crippen molar-refractivity contribution in [2.75, 3.05) is 47.5 Å². The second-order valence-electron chi connectivity index (χ2n) is 21.6.